The van der Waals surface area contributed by atoms with Crippen molar-refractivity contribution in [3.63, 3.8) is 0 Å². The number of primary amides is 2. The second-order valence-electron chi connectivity index (χ2n) is 2.41. The van der Waals surface area contributed by atoms with Crippen LogP contribution in [0.2, 0.25) is 0 Å². The highest BCUT2D eigenvalue weighted by atomic mass is 32.1. The molecule has 7 N–H and O–H groups in total. The molecule has 0 rings (SSSR count). The molecule has 6 nitrogen and oxygen atoms in total. The number of nitrogens with two attached hydrogens (primary N) is 3. The van der Waals surface area contributed by atoms with Crippen molar-refractivity contribution in [3.05, 3.63) is 0 Å². The Labute approximate surface area is 80.0 Å². The monoisotopic (exact) mass is 202 g/mol. The third-order valence-corrected chi connectivity index (χ3v) is 1.52. The minimum absolute atomic E-state index is 0.223. The van der Waals surface area contributed by atoms with E-state index >= 15 is 0 Å². The van der Waals surface area contributed by atoms with E-state index in [2.05, 4.69) is 12.2 Å². The molecule has 0 saturated carbocycles. The van der Waals surface area contributed by atoms with Gasteiger partial charge in [-0.25, -0.2) is 0 Å². The van der Waals surface area contributed by atoms with Gasteiger partial charge < -0.3 is 22.6 Å². The molecule has 0 aromatic carbocycles. The van der Waals surface area contributed by atoms with Crippen LogP contribution < -0.4 is 17.2 Å². The Morgan fingerprint density at radius 3 is 2.00 bits per heavy atom. The van der Waals surface area contributed by atoms with Crippen molar-refractivity contribution in [2.45, 2.75) is 6.42 Å². The van der Waals surface area contributed by atoms with Gasteiger partial charge in [0.2, 0.25) is 11.8 Å². The maximum atomic E-state index is 10.7. The second-order valence-corrected chi connectivity index (χ2v) is 2.88. The lowest BCUT2D eigenvalue weighted by atomic mass is 10.00. The molecule has 0 fully saturated rings. The third kappa shape index (κ3) is 3.61. The maximum Gasteiger partial charge on any atom is 0.233 e. The lowest BCUT2D eigenvalue weighted by Crippen LogP contribution is -2.40. The summed E-state index contributed by atoms with van der Waals surface area (Å²) >= 11 is 4.51. The van der Waals surface area contributed by atoms with Crippen molar-refractivity contribution >= 4 is 34.7 Å². The average molecular weight is 202 g/mol. The fourth-order valence-electron chi connectivity index (χ4n) is 0.773. The van der Waals surface area contributed by atoms with Gasteiger partial charge in [-0.1, -0.05) is 12.2 Å². The second kappa shape index (κ2) is 4.51. The van der Waals surface area contributed by atoms with Gasteiger partial charge in [0, 0.05) is 5.71 Å². The minimum atomic E-state index is -1.18. The third-order valence-electron chi connectivity index (χ3n) is 1.28. The number of rotatable bonds is 5. The van der Waals surface area contributed by atoms with Crippen LogP contribution in [0.25, 0.3) is 0 Å². The van der Waals surface area contributed by atoms with Crippen LogP contribution in [-0.2, 0) is 9.59 Å². The van der Waals surface area contributed by atoms with Gasteiger partial charge in [0.05, 0.1) is 11.4 Å². The van der Waals surface area contributed by atoms with E-state index in [1.165, 1.54) is 0 Å². The molecule has 0 heterocycles. The summed E-state index contributed by atoms with van der Waals surface area (Å²) in [5.74, 6) is -2.76. The topological polar surface area (TPSA) is 136 Å². The summed E-state index contributed by atoms with van der Waals surface area (Å²) < 4.78 is 0. The molecule has 0 aromatic rings. The van der Waals surface area contributed by atoms with Crippen molar-refractivity contribution in [3.8, 4) is 0 Å². The maximum absolute atomic E-state index is 10.7. The first-order valence-corrected chi connectivity index (χ1v) is 3.71. The molecular weight excluding hydrogens is 192 g/mol. The van der Waals surface area contributed by atoms with Crippen LogP contribution in [0.4, 0.5) is 0 Å². The van der Waals surface area contributed by atoms with Crippen LogP contribution in [-0.4, -0.2) is 22.5 Å². The molecule has 0 aliphatic heterocycles. The SMILES string of the molecule is N=C(CC(N)=O)C(C(N)=O)C(N)=S. The van der Waals surface area contributed by atoms with Crippen LogP contribution in [0, 0.1) is 11.3 Å². The van der Waals surface area contributed by atoms with E-state index < -0.39 is 17.7 Å². The van der Waals surface area contributed by atoms with E-state index in [1.54, 1.807) is 0 Å². The van der Waals surface area contributed by atoms with E-state index in [-0.39, 0.29) is 17.1 Å². The molecular formula is C6H10N4O2S. The van der Waals surface area contributed by atoms with Crippen LogP contribution in [0.5, 0.6) is 0 Å². The highest BCUT2D eigenvalue weighted by molar-refractivity contribution is 7.80. The standard InChI is InChI=1S/C6H10N4O2S/c7-2(1-3(8)11)4(5(9)12)6(10)13/h4,7H,1H2,(H2,8,11)(H2,9,12)(H2,10,13). The Morgan fingerprint density at radius 2 is 1.77 bits per heavy atom. The fraction of sp³-hybridized carbons (Fsp3) is 0.333. The average Bonchev–Trinajstić information content (AvgIpc) is 1.81. The molecule has 2 amide bonds. The van der Waals surface area contributed by atoms with Crippen molar-refractivity contribution < 1.29 is 9.59 Å². The number of amides is 2. The molecule has 72 valence electrons. The highest BCUT2D eigenvalue weighted by Gasteiger charge is 2.24. The number of carbonyl (C=O) groups excluding carboxylic acids is 2. The van der Waals surface area contributed by atoms with Gasteiger partial charge in [0.1, 0.15) is 5.92 Å². The van der Waals surface area contributed by atoms with E-state index in [9.17, 15) is 9.59 Å². The van der Waals surface area contributed by atoms with Crippen molar-refractivity contribution in [2.24, 2.45) is 23.1 Å². The van der Waals surface area contributed by atoms with Gasteiger partial charge in [-0.15, -0.1) is 0 Å². The predicted octanol–water partition coefficient (Wildman–Crippen LogP) is -1.73. The first kappa shape index (κ1) is 11.5. The summed E-state index contributed by atoms with van der Waals surface area (Å²) in [5, 5.41) is 7.27. The quantitative estimate of drug-likeness (QED) is 0.311. The zero-order valence-corrected chi connectivity index (χ0v) is 7.56. The first-order valence-electron chi connectivity index (χ1n) is 3.30. The Bertz CT molecular complexity index is 262. The zero-order chi connectivity index (χ0) is 10.6. The van der Waals surface area contributed by atoms with Crippen molar-refractivity contribution in [2.75, 3.05) is 0 Å². The molecule has 0 spiro atoms. The smallest absolute Gasteiger partial charge is 0.233 e. The summed E-state index contributed by atoms with van der Waals surface area (Å²) in [5.41, 5.74) is 14.6. The molecule has 0 aliphatic rings. The molecule has 7 heteroatoms. The molecule has 0 aromatic heterocycles. The predicted molar refractivity (Wildman–Crippen MR) is 51.0 cm³/mol. The van der Waals surface area contributed by atoms with E-state index in [0.717, 1.165) is 0 Å². The van der Waals surface area contributed by atoms with Crippen molar-refractivity contribution in [1.29, 1.82) is 5.41 Å². The van der Waals surface area contributed by atoms with Crippen LogP contribution in [0.15, 0.2) is 0 Å². The summed E-state index contributed by atoms with van der Waals surface area (Å²) in [6, 6.07) is 0. The summed E-state index contributed by atoms with van der Waals surface area (Å²) in [7, 11) is 0. The number of hydrogen-bond donors (Lipinski definition) is 4. The molecule has 0 saturated heterocycles. The number of nitrogens with one attached hydrogen (secondary N) is 1. The van der Waals surface area contributed by atoms with Crippen LogP contribution in [0.1, 0.15) is 6.42 Å². The lowest BCUT2D eigenvalue weighted by Gasteiger charge is -2.11. The van der Waals surface area contributed by atoms with Crippen LogP contribution >= 0.6 is 12.2 Å². The molecule has 13 heavy (non-hydrogen) atoms. The summed E-state index contributed by atoms with van der Waals surface area (Å²) in [6.07, 6.45) is -0.370. The van der Waals surface area contributed by atoms with Gasteiger partial charge >= 0.3 is 0 Å². The molecule has 0 aliphatic carbocycles. The van der Waals surface area contributed by atoms with Gasteiger partial charge in [-0.05, 0) is 0 Å². The van der Waals surface area contributed by atoms with Gasteiger partial charge in [0.25, 0.3) is 0 Å². The van der Waals surface area contributed by atoms with Crippen molar-refractivity contribution in [1.82, 2.24) is 0 Å². The number of thiocarbonyl (C=S) groups is 1. The van der Waals surface area contributed by atoms with E-state index in [0.29, 0.717) is 0 Å². The van der Waals surface area contributed by atoms with Crippen LogP contribution in [0.3, 0.4) is 0 Å². The van der Waals surface area contributed by atoms with E-state index in [4.69, 9.17) is 22.6 Å². The fourth-order valence-corrected chi connectivity index (χ4v) is 1.03. The molecule has 1 unspecified atom stereocenters. The van der Waals surface area contributed by atoms with Gasteiger partial charge in [-0.3, -0.25) is 9.59 Å². The Balaban J connectivity index is 4.57. The Kier molecular flexibility index (Phi) is 3.99. The Morgan fingerprint density at radius 1 is 1.31 bits per heavy atom. The van der Waals surface area contributed by atoms with Gasteiger partial charge in [0.15, 0.2) is 0 Å². The van der Waals surface area contributed by atoms with E-state index in [1.807, 2.05) is 0 Å². The first-order chi connectivity index (χ1) is 5.86. The molecule has 0 radical (unpaired) electrons. The zero-order valence-electron chi connectivity index (χ0n) is 6.74. The largest absolute Gasteiger partial charge is 0.392 e. The normalized spacial score (nSPS) is 11.7. The molecule has 0 bridgehead atoms. The van der Waals surface area contributed by atoms with Gasteiger partial charge in [-0.2, -0.15) is 0 Å². The number of hydrogen-bond acceptors (Lipinski definition) is 4. The minimum Gasteiger partial charge on any atom is -0.392 e. The highest BCUT2D eigenvalue weighted by Crippen LogP contribution is 2.01. The number of carbonyl (C=O) groups is 2. The molecule has 1 atom stereocenters. The summed E-state index contributed by atoms with van der Waals surface area (Å²) in [4.78, 5) is 20.9. The Hall–Kier alpha value is -1.50. The summed E-state index contributed by atoms with van der Waals surface area (Å²) in [6.45, 7) is 0. The lowest BCUT2D eigenvalue weighted by molar-refractivity contribution is -0.118.